The Morgan fingerprint density at radius 1 is 1.06 bits per heavy atom. The molecule has 0 aliphatic rings. The number of carbonyl (C=O) groups is 1. The van der Waals surface area contributed by atoms with E-state index in [2.05, 4.69) is 34.6 Å². The number of hydrogen-bond donors (Lipinski definition) is 0. The van der Waals surface area contributed by atoms with Crippen molar-refractivity contribution in [3.05, 3.63) is 64.7 Å². The zero-order chi connectivity index (χ0) is 26.5. The summed E-state index contributed by atoms with van der Waals surface area (Å²) >= 11 is 0. The quantitative estimate of drug-likeness (QED) is 0.323. The van der Waals surface area contributed by atoms with Crippen molar-refractivity contribution in [2.45, 2.75) is 73.8 Å². The molecule has 194 valence electrons. The maximum Gasteiger partial charge on any atom is 0.266 e. The van der Waals surface area contributed by atoms with Gasteiger partial charge in [0.05, 0.1) is 29.2 Å². The topological polar surface area (TPSA) is 64.4 Å². The largest absolute Gasteiger partial charge is 0.494 e. The second-order valence-electron chi connectivity index (χ2n) is 10.9. The summed E-state index contributed by atoms with van der Waals surface area (Å²) in [7, 11) is 0. The van der Waals surface area contributed by atoms with Crippen molar-refractivity contribution in [3.8, 4) is 11.4 Å². The number of ether oxygens (including phenoxy) is 1. The zero-order valence-electron chi connectivity index (χ0n) is 22.9. The Labute approximate surface area is 215 Å². The van der Waals surface area contributed by atoms with Crippen molar-refractivity contribution in [3.63, 3.8) is 0 Å². The van der Waals surface area contributed by atoms with E-state index in [0.717, 1.165) is 18.6 Å². The Bertz CT molecular complexity index is 1220. The van der Waals surface area contributed by atoms with Crippen molar-refractivity contribution in [2.24, 2.45) is 11.3 Å². The smallest absolute Gasteiger partial charge is 0.266 e. The molecule has 0 spiro atoms. The number of carbonyl (C=O) groups excluding carboxylic acids is 1. The van der Waals surface area contributed by atoms with Crippen LogP contribution in [0.1, 0.15) is 79.6 Å². The summed E-state index contributed by atoms with van der Waals surface area (Å²) in [6, 6.07) is 14.5. The van der Waals surface area contributed by atoms with E-state index in [9.17, 15) is 9.59 Å². The molecule has 0 bridgehead atoms. The Kier molecular flexibility index (Phi) is 8.93. The van der Waals surface area contributed by atoms with Crippen LogP contribution in [0.5, 0.6) is 5.75 Å². The highest BCUT2D eigenvalue weighted by molar-refractivity contribution is 5.79. The number of rotatable bonds is 10. The molecule has 0 aliphatic heterocycles. The molecule has 1 heterocycles. The number of hydrogen-bond acceptors (Lipinski definition) is 4. The maximum atomic E-state index is 13.7. The predicted molar refractivity (Wildman–Crippen MR) is 147 cm³/mol. The van der Waals surface area contributed by atoms with Crippen molar-refractivity contribution >= 4 is 16.8 Å². The first-order valence-corrected chi connectivity index (χ1v) is 13.1. The molecule has 36 heavy (non-hydrogen) atoms. The fraction of sp³-hybridized carbons (Fsp3) is 0.500. The molecule has 6 nitrogen and oxygen atoms in total. The summed E-state index contributed by atoms with van der Waals surface area (Å²) in [6.07, 6.45) is 2.27. The summed E-state index contributed by atoms with van der Waals surface area (Å²) in [5, 5.41) is 0.550. The number of amides is 1. The van der Waals surface area contributed by atoms with Crippen LogP contribution in [-0.2, 0) is 4.79 Å². The Balaban J connectivity index is 2.08. The standard InChI is InChI=1S/C30H41N3O3/c1-8-18-32(27(34)19-21(3)20-30(5,6)7)22(4)28-31-26-13-11-10-12-25(26)29(35)33(28)23-14-16-24(17-15-23)36-9-2/h10-17,21-22H,8-9,18-20H2,1-7H3. The Morgan fingerprint density at radius 2 is 1.72 bits per heavy atom. The molecular formula is C30H41N3O3. The molecule has 0 aliphatic carbocycles. The van der Waals surface area contributed by atoms with E-state index in [1.165, 1.54) is 0 Å². The Hall–Kier alpha value is -3.15. The van der Waals surface area contributed by atoms with Crippen LogP contribution in [0.3, 0.4) is 0 Å². The lowest BCUT2D eigenvalue weighted by molar-refractivity contribution is -0.134. The number of aromatic nitrogens is 2. The van der Waals surface area contributed by atoms with E-state index in [1.54, 1.807) is 10.6 Å². The fourth-order valence-corrected chi connectivity index (χ4v) is 4.99. The Morgan fingerprint density at radius 3 is 2.33 bits per heavy atom. The third kappa shape index (κ3) is 6.54. The van der Waals surface area contributed by atoms with Gasteiger partial charge in [0.2, 0.25) is 5.91 Å². The van der Waals surface area contributed by atoms with Gasteiger partial charge in [0.1, 0.15) is 11.6 Å². The molecule has 2 unspecified atom stereocenters. The lowest BCUT2D eigenvalue weighted by Gasteiger charge is -2.32. The molecule has 0 saturated carbocycles. The monoisotopic (exact) mass is 491 g/mol. The van der Waals surface area contributed by atoms with Gasteiger partial charge in [0.15, 0.2) is 0 Å². The molecule has 2 aromatic carbocycles. The average molecular weight is 492 g/mol. The maximum absolute atomic E-state index is 13.7. The molecule has 3 rings (SSSR count). The molecule has 3 aromatic rings. The van der Waals surface area contributed by atoms with Gasteiger partial charge in [-0.25, -0.2) is 4.98 Å². The van der Waals surface area contributed by atoms with Gasteiger partial charge in [0, 0.05) is 13.0 Å². The number of para-hydroxylation sites is 1. The number of nitrogens with zero attached hydrogens (tertiary/aromatic N) is 3. The van der Waals surface area contributed by atoms with Crippen molar-refractivity contribution in [1.29, 1.82) is 0 Å². The van der Waals surface area contributed by atoms with Crippen molar-refractivity contribution in [1.82, 2.24) is 14.5 Å². The van der Waals surface area contributed by atoms with Crippen molar-refractivity contribution < 1.29 is 9.53 Å². The summed E-state index contributed by atoms with van der Waals surface area (Å²) in [5.74, 6) is 1.67. The van der Waals surface area contributed by atoms with Gasteiger partial charge in [-0.2, -0.15) is 0 Å². The summed E-state index contributed by atoms with van der Waals surface area (Å²) in [4.78, 5) is 34.1. The highest BCUT2D eigenvalue weighted by Gasteiger charge is 2.28. The minimum absolute atomic E-state index is 0.0988. The van der Waals surface area contributed by atoms with E-state index in [4.69, 9.17) is 9.72 Å². The first kappa shape index (κ1) is 27.4. The molecular weight excluding hydrogens is 450 g/mol. The third-order valence-corrected chi connectivity index (χ3v) is 6.32. The average Bonchev–Trinajstić information content (AvgIpc) is 2.81. The lowest BCUT2D eigenvalue weighted by atomic mass is 9.84. The van der Waals surface area contributed by atoms with E-state index in [0.29, 0.717) is 42.0 Å². The SMILES string of the molecule is CCCN(C(=O)CC(C)CC(C)(C)C)C(C)c1nc2ccccc2c(=O)n1-c1ccc(OCC)cc1. The second-order valence-corrected chi connectivity index (χ2v) is 10.9. The van der Waals surface area contributed by atoms with E-state index < -0.39 is 0 Å². The molecule has 1 aromatic heterocycles. The molecule has 0 radical (unpaired) electrons. The van der Waals surface area contributed by atoms with Crippen molar-refractivity contribution in [2.75, 3.05) is 13.2 Å². The minimum atomic E-state index is -0.372. The van der Waals surface area contributed by atoms with E-state index >= 15 is 0 Å². The summed E-state index contributed by atoms with van der Waals surface area (Å²) < 4.78 is 7.24. The zero-order valence-corrected chi connectivity index (χ0v) is 22.9. The first-order chi connectivity index (χ1) is 17.1. The van der Waals surface area contributed by atoms with Gasteiger partial charge < -0.3 is 9.64 Å². The van der Waals surface area contributed by atoms with Gasteiger partial charge in [-0.3, -0.25) is 14.2 Å². The summed E-state index contributed by atoms with van der Waals surface area (Å²) in [5.41, 5.74) is 1.36. The van der Waals surface area contributed by atoms with E-state index in [-0.39, 0.29) is 28.8 Å². The molecule has 6 heteroatoms. The first-order valence-electron chi connectivity index (χ1n) is 13.1. The van der Waals surface area contributed by atoms with Crippen LogP contribution < -0.4 is 10.3 Å². The van der Waals surface area contributed by atoms with Gasteiger partial charge >= 0.3 is 0 Å². The van der Waals surface area contributed by atoms with Gasteiger partial charge in [-0.15, -0.1) is 0 Å². The van der Waals surface area contributed by atoms with Gasteiger partial charge in [-0.1, -0.05) is 46.8 Å². The van der Waals surface area contributed by atoms with Gasteiger partial charge in [0.25, 0.3) is 5.56 Å². The van der Waals surface area contributed by atoms with E-state index in [1.807, 2.05) is 61.2 Å². The molecule has 2 atom stereocenters. The minimum Gasteiger partial charge on any atom is -0.494 e. The van der Waals surface area contributed by atoms with Crippen LogP contribution in [0.4, 0.5) is 0 Å². The van der Waals surface area contributed by atoms with Crippen LogP contribution in [-0.4, -0.2) is 33.5 Å². The van der Waals surface area contributed by atoms with Crippen LogP contribution in [0.2, 0.25) is 0 Å². The predicted octanol–water partition coefficient (Wildman–Crippen LogP) is 6.55. The van der Waals surface area contributed by atoms with Crippen LogP contribution in [0, 0.1) is 11.3 Å². The van der Waals surface area contributed by atoms with Gasteiger partial charge in [-0.05, 0) is 74.4 Å². The fourth-order valence-electron chi connectivity index (χ4n) is 4.99. The van der Waals surface area contributed by atoms with Crippen LogP contribution >= 0.6 is 0 Å². The molecule has 0 N–H and O–H groups in total. The number of benzene rings is 2. The highest BCUT2D eigenvalue weighted by Crippen LogP contribution is 2.29. The normalized spacial score (nSPS) is 13.4. The highest BCUT2D eigenvalue weighted by atomic mass is 16.5. The van der Waals surface area contributed by atoms with Crippen LogP contribution in [0.15, 0.2) is 53.3 Å². The number of fused-ring (bicyclic) bond motifs is 1. The van der Waals surface area contributed by atoms with Crippen LogP contribution in [0.25, 0.3) is 16.6 Å². The second kappa shape index (κ2) is 11.7. The lowest BCUT2D eigenvalue weighted by Crippen LogP contribution is -2.38. The third-order valence-electron chi connectivity index (χ3n) is 6.32. The summed E-state index contributed by atoms with van der Waals surface area (Å²) in [6.45, 7) is 15.9. The molecule has 0 fully saturated rings. The molecule has 0 saturated heterocycles. The molecule has 1 amide bonds.